The maximum Gasteiger partial charge on any atom is 0.00939 e. The molecule has 0 amide bonds. The van der Waals surface area contributed by atoms with E-state index in [1.54, 1.807) is 0 Å². The number of likely N-dealkylation sites (tertiary alicyclic amines) is 1. The number of piperidine rings is 1. The highest BCUT2D eigenvalue weighted by molar-refractivity contribution is 4.79. The molecule has 1 heterocycles. The molecule has 84 valence electrons. The summed E-state index contributed by atoms with van der Waals surface area (Å²) in [6, 6.07) is 1.43. The topological polar surface area (TPSA) is 15.3 Å². The number of rotatable bonds is 4. The molecule has 0 radical (unpaired) electrons. The summed E-state index contributed by atoms with van der Waals surface area (Å²) in [4.78, 5) is 2.42. The lowest BCUT2D eigenvalue weighted by Gasteiger charge is -2.33. The van der Waals surface area contributed by atoms with Crippen molar-refractivity contribution < 1.29 is 0 Å². The Balaban J connectivity index is 2.23. The zero-order valence-corrected chi connectivity index (χ0v) is 10.2. The average molecular weight is 198 g/mol. The Kier molecular flexibility index (Phi) is 4.90. The van der Waals surface area contributed by atoms with E-state index in [1.807, 2.05) is 0 Å². The van der Waals surface area contributed by atoms with Gasteiger partial charge in [-0.05, 0) is 45.8 Å². The van der Waals surface area contributed by atoms with Crippen LogP contribution in [0.4, 0.5) is 0 Å². The van der Waals surface area contributed by atoms with Crippen LogP contribution in [0.1, 0.15) is 40.0 Å². The first-order valence-electron chi connectivity index (χ1n) is 6.08. The van der Waals surface area contributed by atoms with Crippen LogP contribution >= 0.6 is 0 Å². The summed E-state index contributed by atoms with van der Waals surface area (Å²) in [6.45, 7) is 9.45. The lowest BCUT2D eigenvalue weighted by molar-refractivity contribution is 0.214. The molecular weight excluding hydrogens is 172 g/mol. The Hall–Kier alpha value is -0.0800. The Labute approximate surface area is 89.1 Å². The minimum Gasteiger partial charge on any atom is -0.311 e. The van der Waals surface area contributed by atoms with Crippen molar-refractivity contribution in [3.05, 3.63) is 0 Å². The van der Waals surface area contributed by atoms with E-state index in [0.29, 0.717) is 6.04 Å². The SMILES string of the molecule is CCC(C)C(C)NC1CCN(C)CC1. The van der Waals surface area contributed by atoms with Gasteiger partial charge in [-0.15, -0.1) is 0 Å². The van der Waals surface area contributed by atoms with Crippen LogP contribution in [0.2, 0.25) is 0 Å². The Morgan fingerprint density at radius 1 is 1.29 bits per heavy atom. The van der Waals surface area contributed by atoms with Crippen LogP contribution < -0.4 is 5.32 Å². The molecule has 0 spiro atoms. The maximum absolute atomic E-state index is 3.76. The van der Waals surface area contributed by atoms with E-state index < -0.39 is 0 Å². The van der Waals surface area contributed by atoms with Gasteiger partial charge in [-0.1, -0.05) is 20.3 Å². The zero-order valence-electron chi connectivity index (χ0n) is 10.2. The van der Waals surface area contributed by atoms with Gasteiger partial charge in [-0.2, -0.15) is 0 Å². The van der Waals surface area contributed by atoms with Crippen molar-refractivity contribution >= 4 is 0 Å². The summed E-state index contributed by atoms with van der Waals surface area (Å²) in [5.74, 6) is 0.801. The minimum atomic E-state index is 0.674. The molecule has 1 aliphatic heterocycles. The zero-order chi connectivity index (χ0) is 10.6. The van der Waals surface area contributed by atoms with Crippen molar-refractivity contribution in [2.45, 2.75) is 52.1 Å². The molecule has 0 saturated carbocycles. The van der Waals surface area contributed by atoms with Crippen molar-refractivity contribution in [1.29, 1.82) is 0 Å². The fraction of sp³-hybridized carbons (Fsp3) is 1.00. The molecule has 0 aromatic carbocycles. The number of nitrogens with zero attached hydrogens (tertiary/aromatic N) is 1. The van der Waals surface area contributed by atoms with E-state index in [4.69, 9.17) is 0 Å². The molecule has 1 saturated heterocycles. The molecule has 0 aromatic rings. The van der Waals surface area contributed by atoms with Crippen LogP contribution in [0.5, 0.6) is 0 Å². The van der Waals surface area contributed by atoms with Gasteiger partial charge in [0.05, 0.1) is 0 Å². The third-order valence-electron chi connectivity index (χ3n) is 3.71. The lowest BCUT2D eigenvalue weighted by atomic mass is 9.97. The summed E-state index contributed by atoms with van der Waals surface area (Å²) >= 11 is 0. The van der Waals surface area contributed by atoms with Gasteiger partial charge in [0.15, 0.2) is 0 Å². The molecule has 2 heteroatoms. The van der Waals surface area contributed by atoms with Gasteiger partial charge >= 0.3 is 0 Å². The van der Waals surface area contributed by atoms with Crippen molar-refractivity contribution in [3.8, 4) is 0 Å². The van der Waals surface area contributed by atoms with Crippen molar-refractivity contribution in [3.63, 3.8) is 0 Å². The normalized spacial score (nSPS) is 24.9. The second-order valence-electron chi connectivity index (χ2n) is 4.92. The van der Waals surface area contributed by atoms with Gasteiger partial charge in [0.2, 0.25) is 0 Å². The first kappa shape index (κ1) is 12.0. The summed E-state index contributed by atoms with van der Waals surface area (Å²) < 4.78 is 0. The molecule has 0 bridgehead atoms. The first-order valence-corrected chi connectivity index (χ1v) is 6.08. The Bertz CT molecular complexity index is 150. The predicted molar refractivity (Wildman–Crippen MR) is 62.6 cm³/mol. The van der Waals surface area contributed by atoms with Gasteiger partial charge < -0.3 is 10.2 Å². The van der Waals surface area contributed by atoms with Crippen molar-refractivity contribution in [1.82, 2.24) is 10.2 Å². The quantitative estimate of drug-likeness (QED) is 0.744. The third-order valence-corrected chi connectivity index (χ3v) is 3.71. The smallest absolute Gasteiger partial charge is 0.00939 e. The monoisotopic (exact) mass is 198 g/mol. The molecule has 0 aromatic heterocycles. The second kappa shape index (κ2) is 5.72. The van der Waals surface area contributed by atoms with E-state index in [2.05, 4.69) is 38.0 Å². The largest absolute Gasteiger partial charge is 0.311 e. The Morgan fingerprint density at radius 2 is 1.86 bits per heavy atom. The van der Waals surface area contributed by atoms with Crippen LogP contribution in [-0.2, 0) is 0 Å². The summed E-state index contributed by atoms with van der Waals surface area (Å²) in [5, 5.41) is 3.76. The van der Waals surface area contributed by atoms with Gasteiger partial charge in [-0.25, -0.2) is 0 Å². The number of hydrogen-bond acceptors (Lipinski definition) is 2. The molecule has 14 heavy (non-hydrogen) atoms. The molecule has 1 fully saturated rings. The predicted octanol–water partition coefficient (Wildman–Crippen LogP) is 2.10. The average Bonchev–Trinajstić information content (AvgIpc) is 2.20. The summed E-state index contributed by atoms with van der Waals surface area (Å²) in [6.07, 6.45) is 3.91. The van der Waals surface area contributed by atoms with E-state index in [1.165, 1.54) is 32.4 Å². The molecule has 1 rings (SSSR count). The minimum absolute atomic E-state index is 0.674. The molecule has 1 N–H and O–H groups in total. The maximum atomic E-state index is 3.76. The van der Waals surface area contributed by atoms with Gasteiger partial charge in [0.1, 0.15) is 0 Å². The van der Waals surface area contributed by atoms with Crippen LogP contribution in [0.3, 0.4) is 0 Å². The number of hydrogen-bond donors (Lipinski definition) is 1. The van der Waals surface area contributed by atoms with Crippen LogP contribution in [0.25, 0.3) is 0 Å². The van der Waals surface area contributed by atoms with E-state index >= 15 is 0 Å². The van der Waals surface area contributed by atoms with Crippen LogP contribution in [0.15, 0.2) is 0 Å². The van der Waals surface area contributed by atoms with Crippen molar-refractivity contribution in [2.75, 3.05) is 20.1 Å². The van der Waals surface area contributed by atoms with E-state index in [-0.39, 0.29) is 0 Å². The first-order chi connectivity index (χ1) is 6.63. The Morgan fingerprint density at radius 3 is 2.36 bits per heavy atom. The standard InChI is InChI=1S/C12H26N2/c1-5-10(2)11(3)13-12-6-8-14(4)9-7-12/h10-13H,5-9H2,1-4H3. The fourth-order valence-electron chi connectivity index (χ4n) is 2.06. The van der Waals surface area contributed by atoms with E-state index in [9.17, 15) is 0 Å². The van der Waals surface area contributed by atoms with Crippen LogP contribution in [0, 0.1) is 5.92 Å². The fourth-order valence-corrected chi connectivity index (χ4v) is 2.06. The summed E-state index contributed by atoms with van der Waals surface area (Å²) in [5.41, 5.74) is 0. The third kappa shape index (κ3) is 3.58. The second-order valence-corrected chi connectivity index (χ2v) is 4.92. The molecule has 0 aliphatic carbocycles. The van der Waals surface area contributed by atoms with Gasteiger partial charge in [-0.3, -0.25) is 0 Å². The molecular formula is C12H26N2. The van der Waals surface area contributed by atoms with Gasteiger partial charge in [0, 0.05) is 12.1 Å². The van der Waals surface area contributed by atoms with Gasteiger partial charge in [0.25, 0.3) is 0 Å². The highest BCUT2D eigenvalue weighted by Crippen LogP contribution is 2.13. The van der Waals surface area contributed by atoms with Crippen LogP contribution in [-0.4, -0.2) is 37.1 Å². The summed E-state index contributed by atoms with van der Waals surface area (Å²) in [7, 11) is 2.22. The number of nitrogens with one attached hydrogen (secondary N) is 1. The van der Waals surface area contributed by atoms with E-state index in [0.717, 1.165) is 12.0 Å². The highest BCUT2D eigenvalue weighted by Gasteiger charge is 2.19. The molecule has 2 unspecified atom stereocenters. The van der Waals surface area contributed by atoms with Crippen molar-refractivity contribution in [2.24, 2.45) is 5.92 Å². The molecule has 1 aliphatic rings. The highest BCUT2D eigenvalue weighted by atomic mass is 15.1. The lowest BCUT2D eigenvalue weighted by Crippen LogP contribution is -2.46. The molecule has 2 nitrogen and oxygen atoms in total. The molecule has 2 atom stereocenters.